The minimum absolute atomic E-state index is 0.343. The Kier molecular flexibility index (Phi) is 5.57. The zero-order valence-corrected chi connectivity index (χ0v) is 13.8. The van der Waals surface area contributed by atoms with Crippen LogP contribution in [0.4, 0.5) is 5.69 Å². The molecular formula is C20H16N2O4. The van der Waals surface area contributed by atoms with Crippen LogP contribution < -0.4 is 10.1 Å². The molecule has 0 saturated carbocycles. The highest BCUT2D eigenvalue weighted by atomic mass is 16.5. The fourth-order valence-corrected chi connectivity index (χ4v) is 2.13. The van der Waals surface area contributed by atoms with E-state index in [0.717, 1.165) is 5.75 Å². The molecule has 1 amide bonds. The first kappa shape index (κ1) is 17.2. The number of rotatable bonds is 6. The minimum Gasteiger partial charge on any atom is -0.457 e. The molecule has 0 radical (unpaired) electrons. The van der Waals surface area contributed by atoms with E-state index in [-0.39, 0.29) is 6.61 Å². The highest BCUT2D eigenvalue weighted by molar-refractivity contribution is 5.95. The molecule has 0 fully saturated rings. The molecule has 0 aliphatic carbocycles. The van der Waals surface area contributed by atoms with Crippen molar-refractivity contribution in [2.75, 3.05) is 11.9 Å². The summed E-state index contributed by atoms with van der Waals surface area (Å²) in [7, 11) is 0. The van der Waals surface area contributed by atoms with Crippen molar-refractivity contribution >= 4 is 17.6 Å². The van der Waals surface area contributed by atoms with E-state index < -0.39 is 11.9 Å². The lowest BCUT2D eigenvalue weighted by atomic mass is 10.3. The quantitative estimate of drug-likeness (QED) is 0.688. The zero-order valence-electron chi connectivity index (χ0n) is 13.8. The topological polar surface area (TPSA) is 77.5 Å². The highest BCUT2D eigenvalue weighted by Crippen LogP contribution is 2.22. The van der Waals surface area contributed by atoms with Crippen molar-refractivity contribution in [2.45, 2.75) is 0 Å². The third kappa shape index (κ3) is 4.91. The van der Waals surface area contributed by atoms with Gasteiger partial charge >= 0.3 is 5.97 Å². The van der Waals surface area contributed by atoms with Crippen LogP contribution in [0, 0.1) is 0 Å². The maximum absolute atomic E-state index is 11.9. The number of pyridine rings is 1. The average Bonchev–Trinajstić information content (AvgIpc) is 2.69. The van der Waals surface area contributed by atoms with Crippen LogP contribution in [0.1, 0.15) is 10.4 Å². The lowest BCUT2D eigenvalue weighted by Gasteiger charge is -2.08. The highest BCUT2D eigenvalue weighted by Gasteiger charge is 2.10. The fraction of sp³-hybridized carbons (Fsp3) is 0.0500. The summed E-state index contributed by atoms with van der Waals surface area (Å²) in [6, 6.07) is 19.3. The van der Waals surface area contributed by atoms with Crippen LogP contribution in [0.3, 0.4) is 0 Å². The van der Waals surface area contributed by atoms with Gasteiger partial charge in [0.2, 0.25) is 0 Å². The summed E-state index contributed by atoms with van der Waals surface area (Å²) in [6.07, 6.45) is 2.96. The Morgan fingerprint density at radius 3 is 2.19 bits per heavy atom. The van der Waals surface area contributed by atoms with Crippen molar-refractivity contribution < 1.29 is 19.1 Å². The summed E-state index contributed by atoms with van der Waals surface area (Å²) in [5, 5.41) is 2.66. The van der Waals surface area contributed by atoms with Crippen molar-refractivity contribution in [2.24, 2.45) is 0 Å². The van der Waals surface area contributed by atoms with Crippen LogP contribution in [0.5, 0.6) is 11.5 Å². The van der Waals surface area contributed by atoms with E-state index in [0.29, 0.717) is 17.0 Å². The Bertz CT molecular complexity index is 865. The van der Waals surface area contributed by atoms with Crippen molar-refractivity contribution in [3.05, 3.63) is 84.7 Å². The maximum Gasteiger partial charge on any atom is 0.338 e. The van der Waals surface area contributed by atoms with Gasteiger partial charge in [0.05, 0.1) is 5.56 Å². The van der Waals surface area contributed by atoms with Crippen molar-refractivity contribution in [3.8, 4) is 11.5 Å². The molecule has 130 valence electrons. The van der Waals surface area contributed by atoms with Crippen molar-refractivity contribution in [1.82, 2.24) is 4.98 Å². The van der Waals surface area contributed by atoms with Gasteiger partial charge in [-0.1, -0.05) is 18.2 Å². The molecule has 1 aromatic heterocycles. The van der Waals surface area contributed by atoms with Crippen molar-refractivity contribution in [3.63, 3.8) is 0 Å². The van der Waals surface area contributed by atoms with E-state index in [9.17, 15) is 9.59 Å². The number of para-hydroxylation sites is 1. The number of esters is 1. The number of ether oxygens (including phenoxy) is 2. The number of carbonyl (C=O) groups is 2. The van der Waals surface area contributed by atoms with Gasteiger partial charge in [-0.2, -0.15) is 0 Å². The second kappa shape index (κ2) is 8.43. The molecule has 6 heteroatoms. The Morgan fingerprint density at radius 2 is 1.50 bits per heavy atom. The minimum atomic E-state index is -0.575. The second-order valence-electron chi connectivity index (χ2n) is 5.30. The van der Waals surface area contributed by atoms with Gasteiger partial charge in [-0.15, -0.1) is 0 Å². The van der Waals surface area contributed by atoms with Crippen molar-refractivity contribution in [1.29, 1.82) is 0 Å². The molecule has 3 aromatic rings. The van der Waals surface area contributed by atoms with Gasteiger partial charge in [0.15, 0.2) is 6.61 Å². The number of anilines is 1. The number of nitrogens with zero attached hydrogens (tertiary/aromatic N) is 1. The van der Waals surface area contributed by atoms with Gasteiger partial charge in [0.25, 0.3) is 5.91 Å². The molecule has 0 aliphatic rings. The van der Waals surface area contributed by atoms with Crippen LogP contribution in [0.15, 0.2) is 79.1 Å². The molecule has 0 unspecified atom stereocenters. The molecule has 1 heterocycles. The number of amides is 1. The predicted octanol–water partition coefficient (Wildman–Crippen LogP) is 3.67. The summed E-state index contributed by atoms with van der Waals surface area (Å²) >= 11 is 0. The first-order valence-corrected chi connectivity index (χ1v) is 7.91. The fourth-order valence-electron chi connectivity index (χ4n) is 2.13. The second-order valence-corrected chi connectivity index (χ2v) is 5.30. The SMILES string of the molecule is O=C(COC(=O)c1ccncc1)Nc1ccc(Oc2ccccc2)cc1. The molecule has 0 atom stereocenters. The lowest BCUT2D eigenvalue weighted by molar-refractivity contribution is -0.119. The molecule has 0 saturated heterocycles. The standard InChI is InChI=1S/C20H16N2O4/c23-19(14-25-20(24)15-10-12-21-13-11-15)22-16-6-8-18(9-7-16)26-17-4-2-1-3-5-17/h1-13H,14H2,(H,22,23). The molecule has 0 aliphatic heterocycles. The van der Waals surface area contributed by atoms with Gasteiger partial charge < -0.3 is 14.8 Å². The summed E-state index contributed by atoms with van der Waals surface area (Å²) in [6.45, 7) is -0.372. The third-order valence-electron chi connectivity index (χ3n) is 3.37. The van der Waals surface area contributed by atoms with E-state index in [4.69, 9.17) is 9.47 Å². The molecule has 6 nitrogen and oxygen atoms in total. The third-order valence-corrected chi connectivity index (χ3v) is 3.37. The van der Waals surface area contributed by atoms with Crippen LogP contribution in [0.25, 0.3) is 0 Å². The van der Waals surface area contributed by atoms with E-state index in [1.54, 1.807) is 24.3 Å². The molecule has 26 heavy (non-hydrogen) atoms. The van der Waals surface area contributed by atoms with E-state index in [2.05, 4.69) is 10.3 Å². The van der Waals surface area contributed by atoms with Crippen LogP contribution in [-0.2, 0) is 9.53 Å². The largest absolute Gasteiger partial charge is 0.457 e. The first-order chi connectivity index (χ1) is 12.7. The molecule has 1 N–H and O–H groups in total. The van der Waals surface area contributed by atoms with Crippen LogP contribution >= 0.6 is 0 Å². The first-order valence-electron chi connectivity index (χ1n) is 7.91. The molecular weight excluding hydrogens is 332 g/mol. The molecule has 0 bridgehead atoms. The smallest absolute Gasteiger partial charge is 0.338 e. The summed E-state index contributed by atoms with van der Waals surface area (Å²) < 4.78 is 10.6. The molecule has 0 spiro atoms. The summed E-state index contributed by atoms with van der Waals surface area (Å²) in [4.78, 5) is 27.5. The number of nitrogens with one attached hydrogen (secondary N) is 1. The number of benzene rings is 2. The van der Waals surface area contributed by atoms with Gasteiger partial charge in [-0.05, 0) is 48.5 Å². The predicted molar refractivity (Wildman–Crippen MR) is 96.1 cm³/mol. The summed E-state index contributed by atoms with van der Waals surface area (Å²) in [5.74, 6) is 0.379. The monoisotopic (exact) mass is 348 g/mol. The van der Waals surface area contributed by atoms with Gasteiger partial charge in [-0.25, -0.2) is 4.79 Å². The summed E-state index contributed by atoms with van der Waals surface area (Å²) in [5.41, 5.74) is 0.922. The lowest BCUT2D eigenvalue weighted by Crippen LogP contribution is -2.20. The Balaban J connectivity index is 1.49. The number of carbonyl (C=O) groups excluding carboxylic acids is 2. The number of hydrogen-bond donors (Lipinski definition) is 1. The van der Waals surface area contributed by atoms with E-state index in [1.165, 1.54) is 24.5 Å². The number of hydrogen-bond acceptors (Lipinski definition) is 5. The number of aromatic nitrogens is 1. The Labute approximate surface area is 150 Å². The molecule has 2 aromatic carbocycles. The van der Waals surface area contributed by atoms with Gasteiger partial charge in [0.1, 0.15) is 11.5 Å². The van der Waals surface area contributed by atoms with Crippen LogP contribution in [0.2, 0.25) is 0 Å². The van der Waals surface area contributed by atoms with Crippen LogP contribution in [-0.4, -0.2) is 23.5 Å². The van der Waals surface area contributed by atoms with Gasteiger partial charge in [-0.3, -0.25) is 9.78 Å². The average molecular weight is 348 g/mol. The van der Waals surface area contributed by atoms with E-state index in [1.807, 2.05) is 30.3 Å². The normalized spacial score (nSPS) is 10.0. The van der Waals surface area contributed by atoms with Gasteiger partial charge in [0, 0.05) is 18.1 Å². The Hall–Kier alpha value is -3.67. The van der Waals surface area contributed by atoms with E-state index >= 15 is 0 Å². The zero-order chi connectivity index (χ0) is 18.2. The molecule has 3 rings (SSSR count). The maximum atomic E-state index is 11.9. The Morgan fingerprint density at radius 1 is 0.846 bits per heavy atom.